The van der Waals surface area contributed by atoms with Crippen LogP contribution in [-0.2, 0) is 25.7 Å². The van der Waals surface area contributed by atoms with Gasteiger partial charge in [-0.3, -0.25) is 0 Å². The maximum Gasteiger partial charge on any atom is 0.0522 e. The summed E-state index contributed by atoms with van der Waals surface area (Å²) in [5.41, 5.74) is 11.1. The van der Waals surface area contributed by atoms with Gasteiger partial charge in [0.05, 0.1) is 6.04 Å². The summed E-state index contributed by atoms with van der Waals surface area (Å²) in [7, 11) is 0. The molecule has 2 nitrogen and oxygen atoms in total. The Labute approximate surface area is 215 Å². The number of nitrogens with zero attached hydrogens (tertiary/aromatic N) is 1. The van der Waals surface area contributed by atoms with Crippen molar-refractivity contribution in [3.05, 3.63) is 131 Å². The van der Waals surface area contributed by atoms with Crippen LogP contribution in [0, 0.1) is 0 Å². The van der Waals surface area contributed by atoms with E-state index in [1.807, 2.05) is 0 Å². The van der Waals surface area contributed by atoms with Crippen molar-refractivity contribution in [2.75, 3.05) is 10.2 Å². The molecule has 0 spiro atoms. The van der Waals surface area contributed by atoms with Crippen molar-refractivity contribution in [2.24, 2.45) is 0 Å². The fraction of sp³-hybridized carbons (Fsp3) is 0.235. The maximum atomic E-state index is 3.50. The van der Waals surface area contributed by atoms with Gasteiger partial charge in [0, 0.05) is 22.7 Å². The van der Waals surface area contributed by atoms with E-state index in [9.17, 15) is 0 Å². The zero-order valence-corrected chi connectivity index (χ0v) is 20.9. The van der Waals surface area contributed by atoms with Crippen molar-refractivity contribution in [1.29, 1.82) is 0 Å². The Hall–Kier alpha value is -3.78. The van der Waals surface area contributed by atoms with Gasteiger partial charge in [0.2, 0.25) is 0 Å². The molecule has 1 atom stereocenters. The number of hydrogen-bond donors (Lipinski definition) is 1. The highest BCUT2D eigenvalue weighted by molar-refractivity contribution is 5.72. The van der Waals surface area contributed by atoms with E-state index in [0.29, 0.717) is 6.04 Å². The largest absolute Gasteiger partial charge is 0.355 e. The third kappa shape index (κ3) is 4.68. The molecule has 0 aromatic heterocycles. The van der Waals surface area contributed by atoms with Crippen LogP contribution in [0.25, 0.3) is 0 Å². The Morgan fingerprint density at radius 2 is 1.03 bits per heavy atom. The molecule has 2 heteroatoms. The lowest BCUT2D eigenvalue weighted by Crippen LogP contribution is -2.31. The Balaban J connectivity index is 0.000000141. The average Bonchev–Trinajstić information content (AvgIpc) is 3.24. The third-order valence-electron chi connectivity index (χ3n) is 7.69. The molecule has 0 amide bonds. The van der Waals surface area contributed by atoms with Crippen molar-refractivity contribution in [1.82, 2.24) is 0 Å². The molecule has 2 heterocycles. The van der Waals surface area contributed by atoms with E-state index in [4.69, 9.17) is 0 Å². The van der Waals surface area contributed by atoms with Gasteiger partial charge in [0.25, 0.3) is 0 Å². The molecule has 4 aromatic rings. The summed E-state index contributed by atoms with van der Waals surface area (Å²) in [6.45, 7) is 0. The van der Waals surface area contributed by atoms with Crippen LogP contribution < -0.4 is 10.2 Å². The van der Waals surface area contributed by atoms with Crippen molar-refractivity contribution >= 4 is 22.7 Å². The number of anilines is 4. The minimum atomic E-state index is 0.499. The van der Waals surface area contributed by atoms with Crippen LogP contribution in [-0.4, -0.2) is 6.04 Å². The number of allylic oxidation sites excluding steroid dienone is 1. The lowest BCUT2D eigenvalue weighted by Gasteiger charge is -2.34. The van der Waals surface area contributed by atoms with Gasteiger partial charge >= 0.3 is 0 Å². The number of fused-ring (bicyclic) bond motifs is 4. The molecule has 36 heavy (non-hydrogen) atoms. The molecule has 0 saturated carbocycles. The SMILES string of the molecule is C1=CC(N2c3ccccc3CCc3ccccc32)CCC1.c1ccc2c(c1)CCc1ccccc1N2. The van der Waals surface area contributed by atoms with E-state index in [0.717, 1.165) is 25.7 Å². The molecule has 1 unspecified atom stereocenters. The third-order valence-corrected chi connectivity index (χ3v) is 7.69. The predicted octanol–water partition coefficient (Wildman–Crippen LogP) is 8.56. The van der Waals surface area contributed by atoms with E-state index >= 15 is 0 Å². The molecule has 0 saturated heterocycles. The van der Waals surface area contributed by atoms with Crippen LogP contribution in [0.4, 0.5) is 22.7 Å². The van der Waals surface area contributed by atoms with Gasteiger partial charge in [-0.15, -0.1) is 0 Å². The van der Waals surface area contributed by atoms with Gasteiger partial charge in [-0.05, 0) is 91.5 Å². The molecule has 0 fully saturated rings. The minimum Gasteiger partial charge on any atom is -0.355 e. The highest BCUT2D eigenvalue weighted by Gasteiger charge is 2.26. The molecule has 3 aliphatic rings. The fourth-order valence-corrected chi connectivity index (χ4v) is 5.82. The standard InChI is InChI=1S/C20H21N.C14H13N/c1-2-10-18(11-3-1)21-19-12-6-4-8-16(19)14-15-17-9-5-7-13-20(17)21;1-3-7-13-11(5-1)9-10-12-6-2-4-8-14(12)15-13/h2,4-10,12-13,18H,1,3,11,14-15H2;1-8,15H,9-10H2. The first-order valence-electron chi connectivity index (χ1n) is 13.4. The van der Waals surface area contributed by atoms with E-state index < -0.39 is 0 Å². The summed E-state index contributed by atoms with van der Waals surface area (Å²) < 4.78 is 0. The molecule has 4 aromatic carbocycles. The number of rotatable bonds is 1. The summed E-state index contributed by atoms with van der Waals surface area (Å²) in [6, 6.07) is 35.4. The Morgan fingerprint density at radius 3 is 1.56 bits per heavy atom. The van der Waals surface area contributed by atoms with Gasteiger partial charge in [-0.1, -0.05) is 84.9 Å². The zero-order valence-electron chi connectivity index (χ0n) is 20.9. The van der Waals surface area contributed by atoms with E-state index in [1.54, 1.807) is 0 Å². The first-order valence-corrected chi connectivity index (χ1v) is 13.4. The first-order chi connectivity index (χ1) is 17.9. The second-order valence-electron chi connectivity index (χ2n) is 9.99. The summed E-state index contributed by atoms with van der Waals surface area (Å²) in [4.78, 5) is 2.58. The zero-order chi connectivity index (χ0) is 24.2. The molecule has 0 radical (unpaired) electrons. The fourth-order valence-electron chi connectivity index (χ4n) is 5.82. The first kappa shape index (κ1) is 22.7. The lowest BCUT2D eigenvalue weighted by atomic mass is 9.99. The summed E-state index contributed by atoms with van der Waals surface area (Å²) in [6.07, 6.45) is 13.1. The van der Waals surface area contributed by atoms with Crippen molar-refractivity contribution < 1.29 is 0 Å². The second kappa shape index (κ2) is 10.5. The van der Waals surface area contributed by atoms with Crippen LogP contribution in [0.15, 0.2) is 109 Å². The molecule has 2 aliphatic heterocycles. The number of para-hydroxylation sites is 4. The molecule has 1 N–H and O–H groups in total. The quantitative estimate of drug-likeness (QED) is 0.280. The van der Waals surface area contributed by atoms with Crippen LogP contribution >= 0.6 is 0 Å². The Kier molecular flexibility index (Phi) is 6.58. The lowest BCUT2D eigenvalue weighted by molar-refractivity contribution is 0.631. The van der Waals surface area contributed by atoms with Gasteiger partial charge in [0.15, 0.2) is 0 Å². The number of nitrogens with one attached hydrogen (secondary N) is 1. The number of hydrogen-bond acceptors (Lipinski definition) is 2. The maximum absolute atomic E-state index is 3.50. The van der Waals surface area contributed by atoms with Gasteiger partial charge in [0.1, 0.15) is 0 Å². The highest BCUT2D eigenvalue weighted by Crippen LogP contribution is 2.39. The van der Waals surface area contributed by atoms with E-state index in [1.165, 1.54) is 64.3 Å². The van der Waals surface area contributed by atoms with Gasteiger partial charge in [-0.2, -0.15) is 0 Å². The second-order valence-corrected chi connectivity index (χ2v) is 9.99. The van der Waals surface area contributed by atoms with E-state index in [2.05, 4.69) is 119 Å². The van der Waals surface area contributed by atoms with Crippen LogP contribution in [0.2, 0.25) is 0 Å². The topological polar surface area (TPSA) is 15.3 Å². The van der Waals surface area contributed by atoms with Crippen LogP contribution in [0.1, 0.15) is 41.5 Å². The Morgan fingerprint density at radius 1 is 0.556 bits per heavy atom. The molecular formula is C34H34N2. The summed E-state index contributed by atoms with van der Waals surface area (Å²) >= 11 is 0. The number of aryl methyl sites for hydroxylation is 4. The number of benzene rings is 4. The smallest absolute Gasteiger partial charge is 0.0522 e. The summed E-state index contributed by atoms with van der Waals surface area (Å²) in [5.74, 6) is 0. The van der Waals surface area contributed by atoms with Gasteiger partial charge < -0.3 is 10.2 Å². The van der Waals surface area contributed by atoms with Crippen molar-refractivity contribution in [3.63, 3.8) is 0 Å². The average molecular weight is 471 g/mol. The molecule has 1 aliphatic carbocycles. The van der Waals surface area contributed by atoms with Crippen LogP contribution in [0.3, 0.4) is 0 Å². The van der Waals surface area contributed by atoms with Gasteiger partial charge in [-0.25, -0.2) is 0 Å². The minimum absolute atomic E-state index is 0.499. The van der Waals surface area contributed by atoms with Crippen molar-refractivity contribution in [2.45, 2.75) is 51.0 Å². The molecule has 7 rings (SSSR count). The molecule has 180 valence electrons. The highest BCUT2D eigenvalue weighted by atomic mass is 15.2. The monoisotopic (exact) mass is 470 g/mol. The predicted molar refractivity (Wildman–Crippen MR) is 153 cm³/mol. The Bertz CT molecular complexity index is 1280. The molecular weight excluding hydrogens is 436 g/mol. The van der Waals surface area contributed by atoms with Crippen LogP contribution in [0.5, 0.6) is 0 Å². The van der Waals surface area contributed by atoms with E-state index in [-0.39, 0.29) is 0 Å². The normalized spacial score (nSPS) is 17.6. The van der Waals surface area contributed by atoms with Crippen molar-refractivity contribution in [3.8, 4) is 0 Å². The summed E-state index contributed by atoms with van der Waals surface area (Å²) in [5, 5.41) is 3.50. The molecule has 0 bridgehead atoms.